The Hall–Kier alpha value is -1.84. The molecule has 2 aliphatic rings. The van der Waals surface area contributed by atoms with Crippen LogP contribution >= 0.6 is 0 Å². The van der Waals surface area contributed by atoms with Crippen molar-refractivity contribution in [3.8, 4) is 0 Å². The van der Waals surface area contributed by atoms with Gasteiger partial charge in [0.25, 0.3) is 5.91 Å². The molecule has 0 radical (unpaired) electrons. The molecule has 4 heteroatoms. The summed E-state index contributed by atoms with van der Waals surface area (Å²) >= 11 is 0. The van der Waals surface area contributed by atoms with Crippen LogP contribution in [0, 0.1) is 6.92 Å². The van der Waals surface area contributed by atoms with Crippen molar-refractivity contribution in [2.75, 3.05) is 0 Å². The number of hydrogen-bond donors (Lipinski definition) is 1. The van der Waals surface area contributed by atoms with E-state index in [1.54, 1.807) is 4.90 Å². The van der Waals surface area contributed by atoms with Crippen molar-refractivity contribution in [2.24, 2.45) is 0 Å². The van der Waals surface area contributed by atoms with E-state index in [0.717, 1.165) is 43.2 Å². The van der Waals surface area contributed by atoms with Crippen LogP contribution < -0.4 is 5.32 Å². The predicted molar refractivity (Wildman–Crippen MR) is 76.1 cm³/mol. The minimum Gasteiger partial charge on any atom is -0.305 e. The number of nitrogens with one attached hydrogen (secondary N) is 1. The van der Waals surface area contributed by atoms with Crippen LogP contribution in [-0.2, 0) is 11.3 Å². The Morgan fingerprint density at radius 1 is 1.15 bits per heavy atom. The molecule has 20 heavy (non-hydrogen) atoms. The van der Waals surface area contributed by atoms with Gasteiger partial charge < -0.3 is 4.90 Å². The molecule has 106 valence electrons. The number of imide groups is 1. The molecule has 1 saturated heterocycles. The van der Waals surface area contributed by atoms with E-state index in [-0.39, 0.29) is 11.9 Å². The molecule has 3 rings (SSSR count). The van der Waals surface area contributed by atoms with Gasteiger partial charge in [-0.15, -0.1) is 0 Å². The van der Waals surface area contributed by atoms with E-state index < -0.39 is 5.54 Å². The Morgan fingerprint density at radius 3 is 2.55 bits per heavy atom. The Bertz CT molecular complexity index is 547. The average Bonchev–Trinajstić information content (AvgIpc) is 2.66. The number of hydrogen-bond acceptors (Lipinski definition) is 2. The Labute approximate surface area is 119 Å². The molecular formula is C16H20N2O2. The van der Waals surface area contributed by atoms with Crippen molar-refractivity contribution >= 4 is 11.9 Å². The molecule has 0 atom stereocenters. The van der Waals surface area contributed by atoms with Crippen LogP contribution in [0.1, 0.15) is 43.2 Å². The van der Waals surface area contributed by atoms with E-state index in [9.17, 15) is 9.59 Å². The van der Waals surface area contributed by atoms with E-state index in [0.29, 0.717) is 6.54 Å². The minimum atomic E-state index is -0.600. The minimum absolute atomic E-state index is 0.101. The van der Waals surface area contributed by atoms with Gasteiger partial charge in [-0.3, -0.25) is 10.1 Å². The molecule has 1 aliphatic heterocycles. The SMILES string of the molecule is Cc1ccccc1CN1C(=O)NC(=O)C12CCCCC2. The number of carbonyl (C=O) groups is 2. The maximum Gasteiger partial charge on any atom is 0.325 e. The standard InChI is InChI=1S/C16H20N2O2/c1-12-7-3-4-8-13(12)11-18-15(20)17-14(19)16(18)9-5-2-6-10-16/h3-4,7-8H,2,5-6,9-11H2,1H3,(H,17,19,20). The van der Waals surface area contributed by atoms with Gasteiger partial charge in [0.1, 0.15) is 5.54 Å². The summed E-state index contributed by atoms with van der Waals surface area (Å²) in [6.07, 6.45) is 4.77. The molecule has 0 bridgehead atoms. The van der Waals surface area contributed by atoms with Crippen molar-refractivity contribution in [1.82, 2.24) is 10.2 Å². The molecule has 1 heterocycles. The van der Waals surface area contributed by atoms with Crippen molar-refractivity contribution in [3.63, 3.8) is 0 Å². The molecular weight excluding hydrogens is 252 g/mol. The first-order valence-electron chi connectivity index (χ1n) is 7.31. The fourth-order valence-corrected chi connectivity index (χ4v) is 3.41. The summed E-state index contributed by atoms with van der Waals surface area (Å²) in [5.41, 5.74) is 1.67. The van der Waals surface area contributed by atoms with Gasteiger partial charge in [-0.1, -0.05) is 43.5 Å². The number of nitrogens with zero attached hydrogens (tertiary/aromatic N) is 1. The number of urea groups is 1. The maximum atomic E-state index is 12.3. The Morgan fingerprint density at radius 2 is 1.85 bits per heavy atom. The summed E-state index contributed by atoms with van der Waals surface area (Å²) in [6.45, 7) is 2.56. The second kappa shape index (κ2) is 4.93. The van der Waals surface area contributed by atoms with Crippen molar-refractivity contribution in [3.05, 3.63) is 35.4 Å². The second-order valence-electron chi connectivity index (χ2n) is 5.86. The van der Waals surface area contributed by atoms with Gasteiger partial charge >= 0.3 is 6.03 Å². The number of aryl methyl sites for hydroxylation is 1. The summed E-state index contributed by atoms with van der Waals surface area (Å²) in [5.74, 6) is -0.101. The molecule has 1 aromatic rings. The molecule has 0 aromatic heterocycles. The number of carbonyl (C=O) groups excluding carboxylic acids is 2. The molecule has 2 fully saturated rings. The number of benzene rings is 1. The molecule has 1 aromatic carbocycles. The van der Waals surface area contributed by atoms with Crippen LogP contribution in [0.5, 0.6) is 0 Å². The lowest BCUT2D eigenvalue weighted by Gasteiger charge is -2.38. The van der Waals surface area contributed by atoms with Gasteiger partial charge in [0.2, 0.25) is 0 Å². The summed E-state index contributed by atoms with van der Waals surface area (Å²) in [4.78, 5) is 26.2. The third-order valence-electron chi connectivity index (χ3n) is 4.68. The van der Waals surface area contributed by atoms with Gasteiger partial charge in [-0.05, 0) is 30.9 Å². The van der Waals surface area contributed by atoms with E-state index in [4.69, 9.17) is 0 Å². The zero-order valence-corrected chi connectivity index (χ0v) is 11.8. The fraction of sp³-hybridized carbons (Fsp3) is 0.500. The van der Waals surface area contributed by atoms with Crippen molar-refractivity contribution in [2.45, 2.75) is 51.1 Å². The third kappa shape index (κ3) is 1.99. The van der Waals surface area contributed by atoms with Crippen LogP contribution in [0.2, 0.25) is 0 Å². The lowest BCUT2D eigenvalue weighted by Crippen LogP contribution is -2.50. The van der Waals surface area contributed by atoms with Crippen LogP contribution in [0.15, 0.2) is 24.3 Å². The highest BCUT2D eigenvalue weighted by molar-refractivity contribution is 6.07. The van der Waals surface area contributed by atoms with Crippen LogP contribution in [0.3, 0.4) is 0 Å². The highest BCUT2D eigenvalue weighted by atomic mass is 16.2. The first kappa shape index (κ1) is 13.2. The van der Waals surface area contributed by atoms with Crippen molar-refractivity contribution in [1.29, 1.82) is 0 Å². The molecule has 1 spiro atoms. The third-order valence-corrected chi connectivity index (χ3v) is 4.68. The predicted octanol–water partition coefficient (Wildman–Crippen LogP) is 2.75. The Kier molecular flexibility index (Phi) is 3.24. The normalized spacial score (nSPS) is 21.4. The monoisotopic (exact) mass is 272 g/mol. The fourth-order valence-electron chi connectivity index (χ4n) is 3.41. The van der Waals surface area contributed by atoms with Crippen LogP contribution in [-0.4, -0.2) is 22.4 Å². The lowest BCUT2D eigenvalue weighted by atomic mass is 9.80. The first-order valence-corrected chi connectivity index (χ1v) is 7.31. The molecule has 1 saturated carbocycles. The van der Waals surface area contributed by atoms with Crippen molar-refractivity contribution < 1.29 is 9.59 Å². The topological polar surface area (TPSA) is 49.4 Å². The molecule has 0 unspecified atom stereocenters. The highest BCUT2D eigenvalue weighted by Crippen LogP contribution is 2.38. The summed E-state index contributed by atoms with van der Waals surface area (Å²) in [7, 11) is 0. The largest absolute Gasteiger partial charge is 0.325 e. The number of amides is 3. The van der Waals surface area contributed by atoms with E-state index in [2.05, 4.69) is 5.32 Å². The smallest absolute Gasteiger partial charge is 0.305 e. The summed E-state index contributed by atoms with van der Waals surface area (Å²) in [5, 5.41) is 2.52. The molecule has 1 N–H and O–H groups in total. The number of rotatable bonds is 2. The van der Waals surface area contributed by atoms with Crippen LogP contribution in [0.25, 0.3) is 0 Å². The van der Waals surface area contributed by atoms with Gasteiger partial charge in [0.05, 0.1) is 0 Å². The van der Waals surface area contributed by atoms with Gasteiger partial charge in [0, 0.05) is 6.54 Å². The summed E-state index contributed by atoms with van der Waals surface area (Å²) < 4.78 is 0. The van der Waals surface area contributed by atoms with Gasteiger partial charge in [0.15, 0.2) is 0 Å². The van der Waals surface area contributed by atoms with E-state index >= 15 is 0 Å². The van der Waals surface area contributed by atoms with E-state index in [1.807, 2.05) is 31.2 Å². The molecule has 1 aliphatic carbocycles. The lowest BCUT2D eigenvalue weighted by molar-refractivity contribution is -0.128. The Balaban J connectivity index is 1.91. The molecule has 4 nitrogen and oxygen atoms in total. The van der Waals surface area contributed by atoms with Gasteiger partial charge in [-0.25, -0.2) is 4.79 Å². The zero-order valence-electron chi connectivity index (χ0n) is 11.8. The van der Waals surface area contributed by atoms with E-state index in [1.165, 1.54) is 0 Å². The first-order chi connectivity index (χ1) is 9.63. The molecule has 3 amide bonds. The zero-order chi connectivity index (χ0) is 14.2. The van der Waals surface area contributed by atoms with Gasteiger partial charge in [-0.2, -0.15) is 0 Å². The summed E-state index contributed by atoms with van der Waals surface area (Å²) in [6, 6.07) is 7.80. The average molecular weight is 272 g/mol. The van der Waals surface area contributed by atoms with Crippen LogP contribution in [0.4, 0.5) is 4.79 Å². The second-order valence-corrected chi connectivity index (χ2v) is 5.86. The highest BCUT2D eigenvalue weighted by Gasteiger charge is 2.52. The maximum absolute atomic E-state index is 12.3. The quantitative estimate of drug-likeness (QED) is 0.842.